The molecule has 2 N–H and O–H groups in total. The van der Waals surface area contributed by atoms with E-state index in [-0.39, 0.29) is 5.56 Å². The molecule has 0 bridgehead atoms. The third kappa shape index (κ3) is 2.35. The quantitative estimate of drug-likeness (QED) is 0.902. The van der Waals surface area contributed by atoms with Crippen LogP contribution in [0, 0.1) is 5.92 Å². The van der Waals surface area contributed by atoms with E-state index in [2.05, 4.69) is 17.3 Å². The number of nitrogens with zero attached hydrogens (tertiary/aromatic N) is 2. The fourth-order valence-electron chi connectivity index (χ4n) is 2.93. The maximum atomic E-state index is 10.9. The van der Waals surface area contributed by atoms with Crippen molar-refractivity contribution in [3.8, 4) is 0 Å². The Bertz CT molecular complexity index is 635. The SMILES string of the molecule is C[C@@H]1CCCC[C@@H]1Nn1ccc2cc(C(=O)O)cnc21. The Labute approximate surface area is 117 Å². The number of pyridine rings is 1. The molecule has 0 radical (unpaired) electrons. The molecule has 20 heavy (non-hydrogen) atoms. The average molecular weight is 273 g/mol. The smallest absolute Gasteiger partial charge is 0.337 e. The zero-order valence-electron chi connectivity index (χ0n) is 11.5. The number of aromatic nitrogens is 2. The lowest BCUT2D eigenvalue weighted by Gasteiger charge is -2.30. The predicted molar refractivity (Wildman–Crippen MR) is 77.5 cm³/mol. The van der Waals surface area contributed by atoms with Gasteiger partial charge in [0.2, 0.25) is 0 Å². The summed E-state index contributed by atoms with van der Waals surface area (Å²) < 4.78 is 1.92. The van der Waals surface area contributed by atoms with Gasteiger partial charge in [0.15, 0.2) is 5.65 Å². The van der Waals surface area contributed by atoms with Gasteiger partial charge < -0.3 is 10.5 Å². The van der Waals surface area contributed by atoms with Crippen molar-refractivity contribution >= 4 is 17.0 Å². The molecule has 0 aromatic carbocycles. The second kappa shape index (κ2) is 5.15. The van der Waals surface area contributed by atoms with Crippen LogP contribution in [-0.2, 0) is 0 Å². The van der Waals surface area contributed by atoms with Gasteiger partial charge in [0, 0.05) is 23.8 Å². The summed E-state index contributed by atoms with van der Waals surface area (Å²) in [6, 6.07) is 4.02. The van der Waals surface area contributed by atoms with Crippen LogP contribution in [0.3, 0.4) is 0 Å². The van der Waals surface area contributed by atoms with Gasteiger partial charge in [-0.2, -0.15) is 0 Å². The number of aromatic carboxylic acids is 1. The lowest BCUT2D eigenvalue weighted by molar-refractivity contribution is 0.0696. The van der Waals surface area contributed by atoms with Crippen LogP contribution in [0.15, 0.2) is 24.5 Å². The van der Waals surface area contributed by atoms with Crippen molar-refractivity contribution in [3.63, 3.8) is 0 Å². The van der Waals surface area contributed by atoms with E-state index in [4.69, 9.17) is 5.11 Å². The molecule has 2 aromatic heterocycles. The standard InChI is InChI=1S/C15H19N3O2/c1-10-4-2-3-5-13(10)17-18-7-6-11-8-12(15(19)20)9-16-14(11)18/h6-10,13,17H,2-5H2,1H3,(H,19,20)/t10-,13+/m1/s1. The van der Waals surface area contributed by atoms with E-state index in [1.807, 2.05) is 16.9 Å². The molecule has 1 saturated carbocycles. The maximum Gasteiger partial charge on any atom is 0.337 e. The first-order valence-electron chi connectivity index (χ1n) is 7.12. The number of nitrogens with one attached hydrogen (secondary N) is 1. The lowest BCUT2D eigenvalue weighted by atomic mass is 9.86. The van der Waals surface area contributed by atoms with Crippen LogP contribution in [0.1, 0.15) is 43.0 Å². The highest BCUT2D eigenvalue weighted by atomic mass is 16.4. The Hall–Kier alpha value is -2.04. The van der Waals surface area contributed by atoms with Crippen LogP contribution in [0.25, 0.3) is 11.0 Å². The van der Waals surface area contributed by atoms with Gasteiger partial charge in [-0.05, 0) is 30.9 Å². The first-order valence-corrected chi connectivity index (χ1v) is 7.12. The number of rotatable bonds is 3. The van der Waals surface area contributed by atoms with Gasteiger partial charge in [-0.25, -0.2) is 14.5 Å². The van der Waals surface area contributed by atoms with E-state index in [0.717, 1.165) is 11.0 Å². The zero-order valence-corrected chi connectivity index (χ0v) is 11.5. The van der Waals surface area contributed by atoms with Crippen LogP contribution in [0.2, 0.25) is 0 Å². The van der Waals surface area contributed by atoms with Crippen LogP contribution in [-0.4, -0.2) is 26.8 Å². The van der Waals surface area contributed by atoms with Crippen molar-refractivity contribution in [2.75, 3.05) is 5.43 Å². The molecular formula is C15H19N3O2. The molecule has 2 aromatic rings. The predicted octanol–water partition coefficient (Wildman–Crippen LogP) is 2.86. The molecule has 1 aliphatic rings. The average Bonchev–Trinajstić information content (AvgIpc) is 2.84. The molecular weight excluding hydrogens is 254 g/mol. The highest BCUT2D eigenvalue weighted by Gasteiger charge is 2.21. The highest BCUT2D eigenvalue weighted by Crippen LogP contribution is 2.25. The van der Waals surface area contributed by atoms with E-state index < -0.39 is 5.97 Å². The molecule has 0 amide bonds. The minimum Gasteiger partial charge on any atom is -0.478 e. The molecule has 0 aliphatic heterocycles. The molecule has 1 fully saturated rings. The monoisotopic (exact) mass is 273 g/mol. The second-order valence-electron chi connectivity index (χ2n) is 5.63. The summed E-state index contributed by atoms with van der Waals surface area (Å²) in [4.78, 5) is 15.2. The number of carbonyl (C=O) groups is 1. The molecule has 1 aliphatic carbocycles. The van der Waals surface area contributed by atoms with Gasteiger partial charge in [-0.15, -0.1) is 0 Å². The minimum absolute atomic E-state index is 0.223. The maximum absolute atomic E-state index is 10.9. The lowest BCUT2D eigenvalue weighted by Crippen LogP contribution is -2.35. The molecule has 2 heterocycles. The Morgan fingerprint density at radius 3 is 3.00 bits per heavy atom. The van der Waals surface area contributed by atoms with Gasteiger partial charge in [0.1, 0.15) is 0 Å². The fourth-order valence-corrected chi connectivity index (χ4v) is 2.93. The summed E-state index contributed by atoms with van der Waals surface area (Å²) >= 11 is 0. The topological polar surface area (TPSA) is 67.2 Å². The summed E-state index contributed by atoms with van der Waals surface area (Å²) in [5.74, 6) is -0.291. The van der Waals surface area contributed by atoms with E-state index in [1.165, 1.54) is 31.9 Å². The Kier molecular flexibility index (Phi) is 3.34. The summed E-state index contributed by atoms with van der Waals surface area (Å²) in [5, 5.41) is 9.83. The van der Waals surface area contributed by atoms with Crippen molar-refractivity contribution in [2.24, 2.45) is 5.92 Å². The van der Waals surface area contributed by atoms with Crippen LogP contribution in [0.5, 0.6) is 0 Å². The van der Waals surface area contributed by atoms with Gasteiger partial charge in [0.05, 0.1) is 5.56 Å². The third-order valence-corrected chi connectivity index (χ3v) is 4.19. The normalized spacial score (nSPS) is 22.9. The van der Waals surface area contributed by atoms with Gasteiger partial charge in [0.25, 0.3) is 0 Å². The Balaban J connectivity index is 1.87. The molecule has 0 spiro atoms. The van der Waals surface area contributed by atoms with Crippen LogP contribution >= 0.6 is 0 Å². The second-order valence-corrected chi connectivity index (χ2v) is 5.63. The van der Waals surface area contributed by atoms with E-state index >= 15 is 0 Å². The number of carboxylic acids is 1. The molecule has 5 nitrogen and oxygen atoms in total. The third-order valence-electron chi connectivity index (χ3n) is 4.19. The van der Waals surface area contributed by atoms with Gasteiger partial charge >= 0.3 is 5.97 Å². The molecule has 0 saturated heterocycles. The van der Waals surface area contributed by atoms with Crippen molar-refractivity contribution in [3.05, 3.63) is 30.1 Å². The number of carboxylic acid groups (broad SMARTS) is 1. The first-order chi connectivity index (χ1) is 9.65. The van der Waals surface area contributed by atoms with E-state index in [9.17, 15) is 4.79 Å². The van der Waals surface area contributed by atoms with Crippen molar-refractivity contribution in [1.29, 1.82) is 0 Å². The van der Waals surface area contributed by atoms with Gasteiger partial charge in [-0.3, -0.25) is 0 Å². The molecule has 0 unspecified atom stereocenters. The Morgan fingerprint density at radius 1 is 1.45 bits per heavy atom. The van der Waals surface area contributed by atoms with Crippen molar-refractivity contribution < 1.29 is 9.90 Å². The highest BCUT2D eigenvalue weighted by molar-refractivity contribution is 5.91. The number of fused-ring (bicyclic) bond motifs is 1. The van der Waals surface area contributed by atoms with E-state index in [0.29, 0.717) is 12.0 Å². The summed E-state index contributed by atoms with van der Waals surface area (Å²) in [5.41, 5.74) is 4.52. The van der Waals surface area contributed by atoms with Crippen LogP contribution in [0.4, 0.5) is 0 Å². The largest absolute Gasteiger partial charge is 0.478 e. The molecule has 2 atom stereocenters. The fraction of sp³-hybridized carbons (Fsp3) is 0.467. The zero-order chi connectivity index (χ0) is 14.1. The van der Waals surface area contributed by atoms with Crippen molar-refractivity contribution in [2.45, 2.75) is 38.6 Å². The molecule has 3 rings (SSSR count). The van der Waals surface area contributed by atoms with Gasteiger partial charge in [-0.1, -0.05) is 19.8 Å². The first kappa shape index (κ1) is 13.0. The summed E-state index contributed by atoms with van der Waals surface area (Å²) in [6.07, 6.45) is 8.34. The summed E-state index contributed by atoms with van der Waals surface area (Å²) in [7, 11) is 0. The van der Waals surface area contributed by atoms with E-state index in [1.54, 1.807) is 6.07 Å². The minimum atomic E-state index is -0.944. The molecule has 5 heteroatoms. The summed E-state index contributed by atoms with van der Waals surface area (Å²) in [6.45, 7) is 2.28. The van der Waals surface area contributed by atoms with Crippen LogP contribution < -0.4 is 5.43 Å². The molecule has 106 valence electrons. The number of hydrogen-bond acceptors (Lipinski definition) is 3. The number of hydrogen-bond donors (Lipinski definition) is 2. The Morgan fingerprint density at radius 2 is 2.25 bits per heavy atom. The van der Waals surface area contributed by atoms with Crippen molar-refractivity contribution in [1.82, 2.24) is 9.66 Å².